The Balaban J connectivity index is 1.47. The average molecular weight is 504 g/mol. The van der Waals surface area contributed by atoms with Crippen molar-refractivity contribution in [3.8, 4) is 11.1 Å². The zero-order valence-corrected chi connectivity index (χ0v) is 21.6. The molecule has 0 unspecified atom stereocenters. The van der Waals surface area contributed by atoms with Crippen LogP contribution in [-0.2, 0) is 15.3 Å². The molecule has 1 N–H and O–H groups in total. The van der Waals surface area contributed by atoms with Gasteiger partial charge in [0.25, 0.3) is 0 Å². The Morgan fingerprint density at radius 2 is 1.53 bits per heavy atom. The van der Waals surface area contributed by atoms with Crippen molar-refractivity contribution in [2.24, 2.45) is 5.92 Å². The first-order valence-electron chi connectivity index (χ1n) is 12.5. The second kappa shape index (κ2) is 12.1. The topological polar surface area (TPSA) is 66.8 Å². The number of rotatable bonds is 11. The average Bonchev–Trinajstić information content (AvgIpc) is 3.22. The van der Waals surface area contributed by atoms with E-state index in [4.69, 9.17) is 4.74 Å². The Kier molecular flexibility index (Phi) is 8.70. The van der Waals surface area contributed by atoms with Crippen molar-refractivity contribution in [1.29, 1.82) is 0 Å². The number of hydrogen-bond donors (Lipinski definition) is 1. The maximum absolute atomic E-state index is 13.4. The van der Waals surface area contributed by atoms with Gasteiger partial charge in [-0.05, 0) is 33.7 Å². The molecule has 4 rings (SSSR count). The van der Waals surface area contributed by atoms with Crippen LogP contribution in [0.25, 0.3) is 11.1 Å². The maximum Gasteiger partial charge on any atom is 0.410 e. The highest BCUT2D eigenvalue weighted by Crippen LogP contribution is 2.44. The standard InChI is InChI=1S/C30H33NO4S/c1-3-21(2)28(29(32)33)31(17-18-36-20-22-11-5-4-6-12-22)30(34)35-19-27-25-15-9-7-13-23(25)24-14-8-10-16-26(24)27/h4-16,21,27-28H,3,17-20H2,1-2H3,(H,32,33)/t21-,28-/m0/s1. The minimum atomic E-state index is -0.995. The van der Waals surface area contributed by atoms with Crippen molar-refractivity contribution in [3.63, 3.8) is 0 Å². The van der Waals surface area contributed by atoms with Crippen LogP contribution in [0.4, 0.5) is 4.79 Å². The zero-order chi connectivity index (χ0) is 25.5. The van der Waals surface area contributed by atoms with Gasteiger partial charge in [0.2, 0.25) is 0 Å². The van der Waals surface area contributed by atoms with Gasteiger partial charge in [-0.15, -0.1) is 0 Å². The van der Waals surface area contributed by atoms with Crippen molar-refractivity contribution in [2.75, 3.05) is 18.9 Å². The Morgan fingerprint density at radius 1 is 0.944 bits per heavy atom. The SMILES string of the molecule is CC[C@H](C)[C@@H](C(=O)O)N(CCSCc1ccccc1)C(=O)OCC1c2ccccc2-c2ccccc21. The molecule has 0 heterocycles. The van der Waals surface area contributed by atoms with E-state index in [2.05, 4.69) is 36.4 Å². The van der Waals surface area contributed by atoms with Crippen LogP contribution in [0.5, 0.6) is 0 Å². The normalized spacial score (nSPS) is 13.9. The molecule has 0 aromatic heterocycles. The summed E-state index contributed by atoms with van der Waals surface area (Å²) in [6, 6.07) is 25.6. The van der Waals surface area contributed by atoms with Crippen molar-refractivity contribution in [1.82, 2.24) is 4.90 Å². The molecule has 1 aliphatic carbocycles. The van der Waals surface area contributed by atoms with E-state index >= 15 is 0 Å². The van der Waals surface area contributed by atoms with Gasteiger partial charge < -0.3 is 9.84 Å². The molecule has 1 amide bonds. The van der Waals surface area contributed by atoms with E-state index in [-0.39, 0.29) is 18.4 Å². The van der Waals surface area contributed by atoms with Crippen LogP contribution in [0.15, 0.2) is 78.9 Å². The van der Waals surface area contributed by atoms with Crippen LogP contribution in [0.1, 0.15) is 42.9 Å². The van der Waals surface area contributed by atoms with Gasteiger partial charge in [-0.25, -0.2) is 9.59 Å². The summed E-state index contributed by atoms with van der Waals surface area (Å²) < 4.78 is 5.86. The molecule has 1 aliphatic rings. The zero-order valence-electron chi connectivity index (χ0n) is 20.8. The van der Waals surface area contributed by atoms with Gasteiger partial charge in [0.05, 0.1) is 0 Å². The van der Waals surface area contributed by atoms with Gasteiger partial charge >= 0.3 is 12.1 Å². The number of fused-ring (bicyclic) bond motifs is 3. The van der Waals surface area contributed by atoms with E-state index in [0.717, 1.165) is 28.0 Å². The lowest BCUT2D eigenvalue weighted by atomic mass is 9.97. The third-order valence-corrected chi connectivity index (χ3v) is 7.94. The van der Waals surface area contributed by atoms with Crippen LogP contribution in [0, 0.1) is 5.92 Å². The second-order valence-electron chi connectivity index (χ2n) is 9.20. The van der Waals surface area contributed by atoms with Crippen LogP contribution >= 0.6 is 11.8 Å². The third-order valence-electron chi connectivity index (χ3n) is 6.93. The van der Waals surface area contributed by atoms with Gasteiger partial charge in [0, 0.05) is 24.0 Å². The van der Waals surface area contributed by atoms with E-state index in [0.29, 0.717) is 18.7 Å². The van der Waals surface area contributed by atoms with Crippen molar-refractivity contribution < 1.29 is 19.4 Å². The number of carbonyl (C=O) groups excluding carboxylic acids is 1. The summed E-state index contributed by atoms with van der Waals surface area (Å²) in [5.41, 5.74) is 5.78. The molecule has 3 aromatic rings. The summed E-state index contributed by atoms with van der Waals surface area (Å²) in [6.07, 6.45) is 0.0891. The molecule has 3 aromatic carbocycles. The minimum Gasteiger partial charge on any atom is -0.480 e. The molecule has 0 bridgehead atoms. The number of thioether (sulfide) groups is 1. The number of carboxylic acid groups (broad SMARTS) is 1. The fourth-order valence-corrected chi connectivity index (χ4v) is 5.75. The van der Waals surface area contributed by atoms with Gasteiger partial charge in [0.1, 0.15) is 12.6 Å². The molecule has 0 spiro atoms. The van der Waals surface area contributed by atoms with Crippen molar-refractivity contribution >= 4 is 23.8 Å². The maximum atomic E-state index is 13.4. The van der Waals surface area contributed by atoms with Gasteiger partial charge in [-0.1, -0.05) is 99.1 Å². The number of ether oxygens (including phenoxy) is 1. The summed E-state index contributed by atoms with van der Waals surface area (Å²) in [5.74, 6) is 0.176. The van der Waals surface area contributed by atoms with E-state index in [1.807, 2.05) is 56.3 Å². The summed E-state index contributed by atoms with van der Waals surface area (Å²) >= 11 is 1.68. The number of aliphatic carboxylic acids is 1. The molecular weight excluding hydrogens is 470 g/mol. The molecule has 0 aliphatic heterocycles. The second-order valence-corrected chi connectivity index (χ2v) is 10.3. The number of hydrogen-bond acceptors (Lipinski definition) is 4. The van der Waals surface area contributed by atoms with Crippen molar-refractivity contribution in [3.05, 3.63) is 95.6 Å². The van der Waals surface area contributed by atoms with E-state index in [9.17, 15) is 14.7 Å². The van der Waals surface area contributed by atoms with E-state index in [1.165, 1.54) is 10.5 Å². The highest BCUT2D eigenvalue weighted by molar-refractivity contribution is 7.98. The lowest BCUT2D eigenvalue weighted by Crippen LogP contribution is -2.50. The minimum absolute atomic E-state index is 0.0671. The highest BCUT2D eigenvalue weighted by atomic mass is 32.2. The number of benzene rings is 3. The molecule has 0 saturated carbocycles. The smallest absolute Gasteiger partial charge is 0.410 e. The summed E-state index contributed by atoms with van der Waals surface area (Å²) in [7, 11) is 0. The largest absolute Gasteiger partial charge is 0.480 e. The lowest BCUT2D eigenvalue weighted by Gasteiger charge is -2.32. The molecule has 2 atom stereocenters. The molecule has 36 heavy (non-hydrogen) atoms. The first-order valence-corrected chi connectivity index (χ1v) is 13.6. The lowest BCUT2D eigenvalue weighted by molar-refractivity contribution is -0.144. The van der Waals surface area contributed by atoms with Crippen LogP contribution in [0.3, 0.4) is 0 Å². The number of nitrogens with zero attached hydrogens (tertiary/aromatic N) is 1. The molecule has 6 heteroatoms. The van der Waals surface area contributed by atoms with Crippen LogP contribution in [0.2, 0.25) is 0 Å². The summed E-state index contributed by atoms with van der Waals surface area (Å²) in [6.45, 7) is 4.31. The number of carboxylic acids is 1. The summed E-state index contributed by atoms with van der Waals surface area (Å²) in [5, 5.41) is 10.0. The number of carbonyl (C=O) groups is 2. The fourth-order valence-electron chi connectivity index (χ4n) is 4.86. The monoisotopic (exact) mass is 503 g/mol. The first kappa shape index (κ1) is 25.8. The Morgan fingerprint density at radius 3 is 2.11 bits per heavy atom. The van der Waals surface area contributed by atoms with E-state index < -0.39 is 18.1 Å². The quantitative estimate of drug-likeness (QED) is 0.296. The van der Waals surface area contributed by atoms with Crippen LogP contribution < -0.4 is 0 Å². The fraction of sp³-hybridized carbons (Fsp3) is 0.333. The van der Waals surface area contributed by atoms with Gasteiger partial charge in [0.15, 0.2) is 0 Å². The molecule has 0 fully saturated rings. The predicted octanol–water partition coefficient (Wildman–Crippen LogP) is 6.67. The molecule has 0 saturated heterocycles. The molecule has 188 valence electrons. The first-order chi connectivity index (χ1) is 17.5. The van der Waals surface area contributed by atoms with Gasteiger partial charge in [-0.3, -0.25) is 4.90 Å². The third kappa shape index (κ3) is 5.76. The van der Waals surface area contributed by atoms with Crippen molar-refractivity contribution in [2.45, 2.75) is 38.0 Å². The molecule has 0 radical (unpaired) electrons. The van der Waals surface area contributed by atoms with Gasteiger partial charge in [-0.2, -0.15) is 11.8 Å². The Labute approximate surface area is 217 Å². The predicted molar refractivity (Wildman–Crippen MR) is 145 cm³/mol. The Hall–Kier alpha value is -3.25. The highest BCUT2D eigenvalue weighted by Gasteiger charge is 2.36. The molecule has 5 nitrogen and oxygen atoms in total. The Bertz CT molecular complexity index is 1140. The summed E-state index contributed by atoms with van der Waals surface area (Å²) in [4.78, 5) is 27.0. The van der Waals surface area contributed by atoms with E-state index in [1.54, 1.807) is 11.8 Å². The van der Waals surface area contributed by atoms with Crippen LogP contribution in [-0.4, -0.2) is 47.0 Å². The number of amides is 1. The molecular formula is C30H33NO4S.